The number of amides is 1. The van der Waals surface area contributed by atoms with Gasteiger partial charge in [0.1, 0.15) is 5.75 Å². The Hall–Kier alpha value is -3.39. The minimum absolute atomic E-state index is 0.0494. The molecule has 3 aromatic rings. The number of hydrogen-bond donors (Lipinski definition) is 2. The van der Waals surface area contributed by atoms with E-state index in [2.05, 4.69) is 64.3 Å². The number of nitrogens with one attached hydrogen (secondary N) is 2. The van der Waals surface area contributed by atoms with Crippen LogP contribution in [0.3, 0.4) is 0 Å². The zero-order valence-corrected chi connectivity index (χ0v) is 22.8. The topological polar surface area (TPSA) is 71.4 Å². The quantitative estimate of drug-likeness (QED) is 0.427. The van der Waals surface area contributed by atoms with Gasteiger partial charge in [0.15, 0.2) is 5.11 Å². The zero-order chi connectivity index (χ0) is 26.3. The first-order valence-electron chi connectivity index (χ1n) is 12.1. The van der Waals surface area contributed by atoms with Crippen LogP contribution in [0, 0.1) is 5.41 Å². The van der Waals surface area contributed by atoms with Crippen LogP contribution in [0.4, 0.5) is 11.4 Å². The van der Waals surface area contributed by atoms with Crippen LogP contribution >= 0.6 is 12.2 Å². The van der Waals surface area contributed by atoms with Crippen LogP contribution in [-0.2, 0) is 10.3 Å². The number of aromatic nitrogens is 2. The number of nitrogens with zero attached hydrogens (tertiary/aromatic N) is 3. The van der Waals surface area contributed by atoms with Gasteiger partial charge in [0, 0.05) is 41.3 Å². The highest BCUT2D eigenvalue weighted by atomic mass is 32.1. The smallest absolute Gasteiger partial charge is 0.229 e. The minimum Gasteiger partial charge on any atom is -0.494 e. The molecule has 190 valence electrons. The Bertz CT molecular complexity index is 1260. The highest BCUT2D eigenvalue weighted by Gasteiger charge is 2.41. The van der Waals surface area contributed by atoms with Crippen molar-refractivity contribution in [3.63, 3.8) is 0 Å². The summed E-state index contributed by atoms with van der Waals surface area (Å²) in [5.41, 5.74) is 2.95. The summed E-state index contributed by atoms with van der Waals surface area (Å²) in [6.45, 7) is 12.2. The van der Waals surface area contributed by atoms with Gasteiger partial charge in [-0.25, -0.2) is 0 Å². The van der Waals surface area contributed by atoms with Gasteiger partial charge in [0.25, 0.3) is 0 Å². The first-order chi connectivity index (χ1) is 16.9. The van der Waals surface area contributed by atoms with E-state index in [0.717, 1.165) is 16.9 Å². The summed E-state index contributed by atoms with van der Waals surface area (Å²) in [6, 6.07) is 13.5. The maximum Gasteiger partial charge on any atom is 0.229 e. The van der Waals surface area contributed by atoms with E-state index in [1.54, 1.807) is 13.3 Å². The summed E-state index contributed by atoms with van der Waals surface area (Å²) in [7, 11) is 1.60. The third-order valence-corrected chi connectivity index (χ3v) is 6.64. The number of rotatable bonds is 5. The second kappa shape index (κ2) is 9.58. The zero-order valence-electron chi connectivity index (χ0n) is 22.0. The van der Waals surface area contributed by atoms with Crippen molar-refractivity contribution in [1.82, 2.24) is 14.9 Å². The Kier molecular flexibility index (Phi) is 6.84. The molecule has 0 radical (unpaired) electrons. The summed E-state index contributed by atoms with van der Waals surface area (Å²) in [5.74, 6) is 0.490. The third-order valence-electron chi connectivity index (χ3n) is 6.32. The molecule has 2 atom stereocenters. The Morgan fingerprint density at radius 3 is 2.44 bits per heavy atom. The van der Waals surface area contributed by atoms with Gasteiger partial charge in [0.05, 0.1) is 30.6 Å². The molecular formula is C28H35N5O2S. The fourth-order valence-electron chi connectivity index (χ4n) is 4.22. The van der Waals surface area contributed by atoms with Crippen molar-refractivity contribution in [2.45, 2.75) is 59.2 Å². The van der Waals surface area contributed by atoms with E-state index in [4.69, 9.17) is 17.0 Å². The number of methoxy groups -OCH3 is 1. The number of thiocarbonyl (C=S) groups is 1. The Balaban J connectivity index is 1.77. The number of ether oxygens (including phenoxy) is 1. The molecule has 0 bridgehead atoms. The monoisotopic (exact) mass is 505 g/mol. The first-order valence-corrected chi connectivity index (χ1v) is 12.5. The summed E-state index contributed by atoms with van der Waals surface area (Å²) in [6.07, 6.45) is 6.09. The van der Waals surface area contributed by atoms with E-state index >= 15 is 0 Å². The summed E-state index contributed by atoms with van der Waals surface area (Å²) in [4.78, 5) is 19.3. The highest BCUT2D eigenvalue weighted by Crippen LogP contribution is 2.43. The predicted molar refractivity (Wildman–Crippen MR) is 148 cm³/mol. The van der Waals surface area contributed by atoms with Crippen LogP contribution in [-0.4, -0.2) is 27.7 Å². The largest absolute Gasteiger partial charge is 0.494 e. The lowest BCUT2D eigenvalue weighted by Crippen LogP contribution is -2.30. The fraction of sp³-hybridized carbons (Fsp3) is 0.393. The van der Waals surface area contributed by atoms with E-state index < -0.39 is 5.41 Å². The lowest BCUT2D eigenvalue weighted by molar-refractivity contribution is -0.123. The number of carbonyl (C=O) groups is 1. The Labute approximate surface area is 218 Å². The van der Waals surface area contributed by atoms with Gasteiger partial charge in [-0.2, -0.15) is 0 Å². The SMILES string of the molecule is COc1cc(N2C(=S)NC(c3ccccn3)C2c2ccn(C(C)(C)C)c2)ccc1NC(=O)C(C)(C)C. The van der Waals surface area contributed by atoms with Crippen LogP contribution in [0.5, 0.6) is 5.75 Å². The number of carbonyl (C=O) groups excluding carboxylic acids is 1. The second-order valence-electron chi connectivity index (χ2n) is 11.1. The van der Waals surface area contributed by atoms with E-state index in [0.29, 0.717) is 16.5 Å². The molecule has 2 unspecified atom stereocenters. The molecule has 1 fully saturated rings. The second-order valence-corrected chi connectivity index (χ2v) is 11.5. The van der Waals surface area contributed by atoms with Crippen molar-refractivity contribution in [1.29, 1.82) is 0 Å². The van der Waals surface area contributed by atoms with Crippen molar-refractivity contribution >= 4 is 34.6 Å². The molecule has 7 nitrogen and oxygen atoms in total. The molecule has 0 saturated carbocycles. The van der Waals surface area contributed by atoms with Crippen molar-refractivity contribution < 1.29 is 9.53 Å². The van der Waals surface area contributed by atoms with E-state index in [1.807, 2.05) is 57.2 Å². The van der Waals surface area contributed by atoms with Gasteiger partial charge >= 0.3 is 0 Å². The van der Waals surface area contributed by atoms with Gasteiger partial charge in [-0.15, -0.1) is 0 Å². The van der Waals surface area contributed by atoms with Crippen molar-refractivity contribution in [3.05, 3.63) is 72.3 Å². The van der Waals surface area contributed by atoms with Gasteiger partial charge in [-0.1, -0.05) is 26.8 Å². The number of benzene rings is 1. The number of anilines is 2. The molecule has 1 amide bonds. The van der Waals surface area contributed by atoms with E-state index in [1.165, 1.54) is 0 Å². The maximum absolute atomic E-state index is 12.6. The third kappa shape index (κ3) is 5.09. The van der Waals surface area contributed by atoms with Gasteiger partial charge in [-0.05, 0) is 68.9 Å². The molecule has 3 heterocycles. The average molecular weight is 506 g/mol. The predicted octanol–water partition coefficient (Wildman–Crippen LogP) is 5.81. The molecule has 36 heavy (non-hydrogen) atoms. The minimum atomic E-state index is -0.522. The Morgan fingerprint density at radius 2 is 1.86 bits per heavy atom. The first kappa shape index (κ1) is 25.7. The maximum atomic E-state index is 12.6. The van der Waals surface area contributed by atoms with Crippen molar-refractivity contribution in [2.24, 2.45) is 5.41 Å². The number of hydrogen-bond acceptors (Lipinski definition) is 4. The standard InChI is InChI=1S/C28H35N5O2S/c1-27(2,3)25(34)30-20-12-11-19(16-22(20)35-7)33-24(18-13-15-32(17-18)28(4,5)6)23(31-26(33)36)21-10-8-9-14-29-21/h8-17,23-24H,1-7H3,(H,30,34)(H,31,36). The Morgan fingerprint density at radius 1 is 1.11 bits per heavy atom. The summed E-state index contributed by atoms with van der Waals surface area (Å²) >= 11 is 5.86. The highest BCUT2D eigenvalue weighted by molar-refractivity contribution is 7.80. The average Bonchev–Trinajstić information content (AvgIpc) is 3.44. The van der Waals surface area contributed by atoms with E-state index in [9.17, 15) is 4.79 Å². The molecule has 1 aromatic carbocycles. The van der Waals surface area contributed by atoms with Crippen molar-refractivity contribution in [2.75, 3.05) is 17.3 Å². The molecule has 1 saturated heterocycles. The molecule has 2 aromatic heterocycles. The fourth-order valence-corrected chi connectivity index (χ4v) is 4.57. The summed E-state index contributed by atoms with van der Waals surface area (Å²) in [5, 5.41) is 7.08. The van der Waals surface area contributed by atoms with Gasteiger partial charge in [0.2, 0.25) is 5.91 Å². The van der Waals surface area contributed by atoms with Gasteiger partial charge in [-0.3, -0.25) is 9.78 Å². The van der Waals surface area contributed by atoms with Crippen LogP contribution in [0.1, 0.15) is 64.9 Å². The normalized spacial score (nSPS) is 18.2. The molecule has 1 aliphatic rings. The van der Waals surface area contributed by atoms with Crippen LogP contribution in [0.25, 0.3) is 0 Å². The van der Waals surface area contributed by atoms with Crippen LogP contribution in [0.15, 0.2) is 61.1 Å². The number of pyridine rings is 1. The lowest BCUT2D eigenvalue weighted by Gasteiger charge is -2.28. The molecule has 2 N–H and O–H groups in total. The molecule has 4 rings (SSSR count). The van der Waals surface area contributed by atoms with Crippen LogP contribution in [0.2, 0.25) is 0 Å². The molecule has 0 aliphatic carbocycles. The molecular weight excluding hydrogens is 470 g/mol. The molecule has 1 aliphatic heterocycles. The molecule has 8 heteroatoms. The van der Waals surface area contributed by atoms with E-state index in [-0.39, 0.29) is 23.5 Å². The molecule has 0 spiro atoms. The van der Waals surface area contributed by atoms with Crippen molar-refractivity contribution in [3.8, 4) is 5.75 Å². The summed E-state index contributed by atoms with van der Waals surface area (Å²) < 4.78 is 7.89. The van der Waals surface area contributed by atoms with Crippen LogP contribution < -0.4 is 20.3 Å². The lowest BCUT2D eigenvalue weighted by atomic mass is 9.95. The van der Waals surface area contributed by atoms with Gasteiger partial charge < -0.3 is 24.8 Å².